The average molecular weight is 481 g/mol. The molecule has 0 aromatic rings. The molecule has 0 aliphatic heterocycles. The average Bonchev–Trinajstić information content (AvgIpc) is 3.05. The van der Waals surface area contributed by atoms with Crippen molar-refractivity contribution in [3.63, 3.8) is 0 Å². The second-order valence-corrected chi connectivity index (χ2v) is 14.4. The van der Waals surface area contributed by atoms with Crippen molar-refractivity contribution < 1.29 is 17.2 Å². The van der Waals surface area contributed by atoms with Crippen LogP contribution in [0.2, 0.25) is 0 Å². The molecule has 4 aliphatic rings. The Morgan fingerprint density at radius 1 is 1.00 bits per heavy atom. The molecule has 33 heavy (non-hydrogen) atoms. The molecule has 0 radical (unpaired) electrons. The topological polar surface area (TPSA) is 63.6 Å². The Hall–Kier alpha value is -0.390. The summed E-state index contributed by atoms with van der Waals surface area (Å²) >= 11 is 0. The van der Waals surface area contributed by atoms with Crippen LogP contribution in [0.3, 0.4) is 0 Å². The summed E-state index contributed by atoms with van der Waals surface area (Å²) in [6, 6.07) is 0. The van der Waals surface area contributed by atoms with Crippen LogP contribution in [0.15, 0.2) is 11.6 Å². The molecular formula is C28H48O4S. The van der Waals surface area contributed by atoms with Gasteiger partial charge in [-0.15, -0.1) is 0 Å². The maximum atomic E-state index is 11.3. The van der Waals surface area contributed by atoms with Crippen molar-refractivity contribution in [3.05, 3.63) is 11.6 Å². The zero-order valence-electron chi connectivity index (χ0n) is 21.9. The standard InChI is InChI=1S/C28H48O4S/c1-19(2)8-7-9-20(3)23-10-11-24-27(23,5)17-14-25-26(4)16-13-22(32-33(29,30)31)18-21(26)12-15-28(24,25)6/h12,19-20,22-25H,7-11,13-18H2,1-6H3,(H,29,30,31)/t20-,22+,23?,24-,25-,26+,27-,28+/m1/s1. The largest absolute Gasteiger partial charge is 0.397 e. The minimum absolute atomic E-state index is 0.133. The summed E-state index contributed by atoms with van der Waals surface area (Å²) in [5.41, 5.74) is 2.29. The summed E-state index contributed by atoms with van der Waals surface area (Å²) in [6.07, 6.45) is 14.9. The highest BCUT2D eigenvalue weighted by atomic mass is 32.3. The minimum Gasteiger partial charge on any atom is -0.264 e. The number of hydrogen-bond acceptors (Lipinski definition) is 3. The molecule has 0 amide bonds. The van der Waals surface area contributed by atoms with Gasteiger partial charge in [0.15, 0.2) is 0 Å². The quantitative estimate of drug-likeness (QED) is 0.301. The fourth-order valence-electron chi connectivity index (χ4n) is 9.56. The van der Waals surface area contributed by atoms with E-state index in [-0.39, 0.29) is 5.41 Å². The van der Waals surface area contributed by atoms with E-state index >= 15 is 0 Å². The van der Waals surface area contributed by atoms with Crippen molar-refractivity contribution >= 4 is 10.4 Å². The molecule has 4 aliphatic carbocycles. The molecule has 4 rings (SSSR count). The first-order valence-corrected chi connectivity index (χ1v) is 15.0. The second-order valence-electron chi connectivity index (χ2n) is 13.4. The first-order valence-electron chi connectivity index (χ1n) is 13.6. The van der Waals surface area contributed by atoms with Gasteiger partial charge in [-0.05, 0) is 97.2 Å². The molecular weight excluding hydrogens is 432 g/mol. The normalized spacial score (nSPS) is 44.1. The first-order chi connectivity index (χ1) is 15.3. The van der Waals surface area contributed by atoms with Gasteiger partial charge in [-0.3, -0.25) is 4.55 Å². The van der Waals surface area contributed by atoms with E-state index in [9.17, 15) is 13.0 Å². The third-order valence-corrected chi connectivity index (χ3v) is 11.6. The lowest BCUT2D eigenvalue weighted by Crippen LogP contribution is -2.56. The van der Waals surface area contributed by atoms with E-state index in [1.807, 2.05) is 0 Å². The lowest BCUT2D eigenvalue weighted by molar-refractivity contribution is -0.113. The van der Waals surface area contributed by atoms with Crippen LogP contribution >= 0.6 is 0 Å². The molecule has 8 atom stereocenters. The van der Waals surface area contributed by atoms with Crippen molar-refractivity contribution in [2.75, 3.05) is 0 Å². The molecule has 190 valence electrons. The lowest BCUT2D eigenvalue weighted by atomic mass is 9.41. The van der Waals surface area contributed by atoms with Crippen LogP contribution in [-0.2, 0) is 14.6 Å². The second kappa shape index (κ2) is 8.92. The van der Waals surface area contributed by atoms with E-state index in [1.54, 1.807) is 0 Å². The molecule has 1 unspecified atom stereocenters. The highest BCUT2D eigenvalue weighted by Gasteiger charge is 2.64. The Kier molecular flexibility index (Phi) is 6.95. The monoisotopic (exact) mass is 480 g/mol. The zero-order valence-corrected chi connectivity index (χ0v) is 22.7. The number of allylic oxidation sites excluding steroid dienone is 1. The van der Waals surface area contributed by atoms with E-state index in [2.05, 4.69) is 47.6 Å². The van der Waals surface area contributed by atoms with E-state index < -0.39 is 16.5 Å². The predicted molar refractivity (Wildman–Crippen MR) is 134 cm³/mol. The van der Waals surface area contributed by atoms with Crippen LogP contribution in [-0.4, -0.2) is 19.1 Å². The highest BCUT2D eigenvalue weighted by molar-refractivity contribution is 7.80. The summed E-state index contributed by atoms with van der Waals surface area (Å²) in [6.45, 7) is 14.9. The minimum atomic E-state index is -4.39. The third-order valence-electron chi connectivity index (χ3n) is 11.1. The molecule has 0 heterocycles. The van der Waals surface area contributed by atoms with Crippen LogP contribution in [0, 0.1) is 45.8 Å². The highest BCUT2D eigenvalue weighted by Crippen LogP contribution is 2.72. The van der Waals surface area contributed by atoms with Crippen molar-refractivity contribution in [3.8, 4) is 0 Å². The van der Waals surface area contributed by atoms with Gasteiger partial charge >= 0.3 is 10.4 Å². The first kappa shape index (κ1) is 25.7. The van der Waals surface area contributed by atoms with Gasteiger partial charge in [0.1, 0.15) is 0 Å². The summed E-state index contributed by atoms with van der Waals surface area (Å²) in [7, 11) is -4.39. The Morgan fingerprint density at radius 3 is 2.39 bits per heavy atom. The van der Waals surface area contributed by atoms with Crippen molar-refractivity contribution in [2.45, 2.75) is 118 Å². The van der Waals surface area contributed by atoms with E-state index in [4.69, 9.17) is 4.18 Å². The smallest absolute Gasteiger partial charge is 0.264 e. The summed E-state index contributed by atoms with van der Waals surface area (Å²) in [5, 5.41) is 0. The molecule has 3 saturated carbocycles. The summed E-state index contributed by atoms with van der Waals surface area (Å²) < 4.78 is 36.7. The molecule has 0 aromatic heterocycles. The molecule has 0 aromatic carbocycles. The predicted octanol–water partition coefficient (Wildman–Crippen LogP) is 7.61. The molecule has 4 nitrogen and oxygen atoms in total. The van der Waals surface area contributed by atoms with Crippen molar-refractivity contribution in [1.29, 1.82) is 0 Å². The third kappa shape index (κ3) is 4.60. The van der Waals surface area contributed by atoms with E-state index in [1.165, 1.54) is 50.5 Å². The number of fused-ring (bicyclic) bond motifs is 5. The van der Waals surface area contributed by atoms with Gasteiger partial charge in [0, 0.05) is 0 Å². The van der Waals surface area contributed by atoms with Gasteiger partial charge in [0.2, 0.25) is 0 Å². The van der Waals surface area contributed by atoms with Gasteiger partial charge in [0.25, 0.3) is 0 Å². The molecule has 3 fully saturated rings. The molecule has 1 N–H and O–H groups in total. The Bertz CT molecular complexity index is 863. The van der Waals surface area contributed by atoms with E-state index in [0.29, 0.717) is 29.6 Å². The Morgan fingerprint density at radius 2 is 1.73 bits per heavy atom. The number of hydrogen-bond donors (Lipinski definition) is 1. The maximum absolute atomic E-state index is 11.3. The van der Waals surface area contributed by atoms with E-state index in [0.717, 1.165) is 36.5 Å². The van der Waals surface area contributed by atoms with Gasteiger partial charge in [-0.2, -0.15) is 8.42 Å². The zero-order chi connectivity index (χ0) is 24.2. The number of rotatable bonds is 7. The lowest BCUT2D eigenvalue weighted by Gasteiger charge is -2.63. The molecule has 0 saturated heterocycles. The van der Waals surface area contributed by atoms with Crippen molar-refractivity contribution in [1.82, 2.24) is 0 Å². The van der Waals surface area contributed by atoms with Gasteiger partial charge < -0.3 is 0 Å². The van der Waals surface area contributed by atoms with Crippen LogP contribution in [0.25, 0.3) is 0 Å². The maximum Gasteiger partial charge on any atom is 0.397 e. The molecule has 0 spiro atoms. The van der Waals surface area contributed by atoms with Crippen molar-refractivity contribution in [2.24, 2.45) is 45.8 Å². The van der Waals surface area contributed by atoms with Gasteiger partial charge in [-0.25, -0.2) is 4.18 Å². The SMILES string of the molecule is CC(C)CCC[C@@H](C)C1CC[C@H]2[C@]3(C)CC=C4C[C@@H](OS(=O)(=O)O)CC[C@]4(C)[C@H]3CC[C@]12C. The fourth-order valence-corrected chi connectivity index (χ4v) is 10.1. The molecule has 0 bridgehead atoms. The fraction of sp³-hybridized carbons (Fsp3) is 0.929. The van der Waals surface area contributed by atoms with Crippen LogP contribution < -0.4 is 0 Å². The Labute approximate surface area is 203 Å². The molecule has 5 heteroatoms. The van der Waals surface area contributed by atoms with Gasteiger partial charge in [0.05, 0.1) is 6.10 Å². The van der Waals surface area contributed by atoms with Crippen LogP contribution in [0.1, 0.15) is 112 Å². The summed E-state index contributed by atoms with van der Waals surface area (Å²) in [5.74, 6) is 3.91. The van der Waals surface area contributed by atoms with Crippen LogP contribution in [0.4, 0.5) is 0 Å². The van der Waals surface area contributed by atoms with Crippen LogP contribution in [0.5, 0.6) is 0 Å². The Balaban J connectivity index is 1.52. The summed E-state index contributed by atoms with van der Waals surface area (Å²) in [4.78, 5) is 0. The van der Waals surface area contributed by atoms with Gasteiger partial charge in [-0.1, -0.05) is 72.5 Å².